The van der Waals surface area contributed by atoms with Crippen molar-refractivity contribution < 1.29 is 4.74 Å². The van der Waals surface area contributed by atoms with Crippen molar-refractivity contribution in [3.05, 3.63) is 41.7 Å². The quantitative estimate of drug-likeness (QED) is 0.866. The Hall–Kier alpha value is -1.97. The third kappa shape index (κ3) is 3.74. The molecule has 0 aliphatic carbocycles. The van der Waals surface area contributed by atoms with Crippen LogP contribution in [0.15, 0.2) is 30.5 Å². The Balaban J connectivity index is 1.92. The van der Waals surface area contributed by atoms with Crippen molar-refractivity contribution in [1.29, 1.82) is 0 Å². The molecule has 0 atom stereocenters. The molecular weight excluding hydrogens is 238 g/mol. The van der Waals surface area contributed by atoms with Crippen LogP contribution >= 0.6 is 0 Å². The van der Waals surface area contributed by atoms with Crippen LogP contribution in [0, 0.1) is 13.8 Å². The minimum atomic E-state index is 0.637. The van der Waals surface area contributed by atoms with Gasteiger partial charge in [0, 0.05) is 12.7 Å². The first-order valence-corrected chi connectivity index (χ1v) is 6.66. The lowest BCUT2D eigenvalue weighted by atomic mass is 10.2. The van der Waals surface area contributed by atoms with Gasteiger partial charge in [-0.15, -0.1) is 0 Å². The lowest BCUT2D eigenvalue weighted by Gasteiger charge is -2.10. The molecule has 0 aliphatic heterocycles. The van der Waals surface area contributed by atoms with Gasteiger partial charge in [0.1, 0.15) is 12.4 Å². The Kier molecular flexibility index (Phi) is 4.44. The topological polar surface area (TPSA) is 39.1 Å². The Morgan fingerprint density at radius 3 is 2.89 bits per heavy atom. The van der Waals surface area contributed by atoms with E-state index in [1.165, 1.54) is 5.56 Å². The number of imidazole rings is 1. The molecule has 1 N–H and O–H groups in total. The number of benzene rings is 1. The summed E-state index contributed by atoms with van der Waals surface area (Å²) < 4.78 is 7.85. The molecule has 4 heteroatoms. The minimum absolute atomic E-state index is 0.637. The van der Waals surface area contributed by atoms with Crippen LogP contribution in [0.5, 0.6) is 5.75 Å². The Morgan fingerprint density at radius 2 is 2.16 bits per heavy atom. The second-order valence-electron chi connectivity index (χ2n) is 4.59. The van der Waals surface area contributed by atoms with Crippen LogP contribution < -0.4 is 10.1 Å². The number of aryl methyl sites for hydroxylation is 2. The van der Waals surface area contributed by atoms with Crippen molar-refractivity contribution in [3.63, 3.8) is 0 Å². The van der Waals surface area contributed by atoms with E-state index in [1.807, 2.05) is 31.3 Å². The third-order valence-electron chi connectivity index (χ3n) is 2.82. The smallest absolute Gasteiger partial charge is 0.203 e. The maximum atomic E-state index is 5.76. The minimum Gasteiger partial charge on any atom is -0.492 e. The molecule has 4 nitrogen and oxygen atoms in total. The van der Waals surface area contributed by atoms with E-state index in [4.69, 9.17) is 4.74 Å². The maximum Gasteiger partial charge on any atom is 0.203 e. The predicted molar refractivity (Wildman–Crippen MR) is 77.8 cm³/mol. The van der Waals surface area contributed by atoms with Gasteiger partial charge in [0.05, 0.1) is 12.2 Å². The molecule has 1 heterocycles. The summed E-state index contributed by atoms with van der Waals surface area (Å²) in [4.78, 5) is 4.44. The average molecular weight is 259 g/mol. The normalized spacial score (nSPS) is 10.5. The first-order valence-electron chi connectivity index (χ1n) is 6.66. The molecule has 0 spiro atoms. The molecule has 0 saturated carbocycles. The van der Waals surface area contributed by atoms with Gasteiger partial charge >= 0.3 is 0 Å². The Morgan fingerprint density at radius 1 is 1.32 bits per heavy atom. The van der Waals surface area contributed by atoms with Gasteiger partial charge in [0.2, 0.25) is 5.95 Å². The molecule has 0 aliphatic rings. The lowest BCUT2D eigenvalue weighted by Crippen LogP contribution is -2.11. The highest BCUT2D eigenvalue weighted by molar-refractivity contribution is 5.29. The van der Waals surface area contributed by atoms with E-state index in [-0.39, 0.29) is 0 Å². The van der Waals surface area contributed by atoms with E-state index >= 15 is 0 Å². The zero-order valence-electron chi connectivity index (χ0n) is 11.8. The zero-order valence-corrected chi connectivity index (χ0v) is 11.8. The largest absolute Gasteiger partial charge is 0.492 e. The number of nitrogens with zero attached hydrogens (tertiary/aromatic N) is 2. The molecular formula is C15H21N3O. The van der Waals surface area contributed by atoms with Gasteiger partial charge in [-0.05, 0) is 38.5 Å². The molecule has 0 fully saturated rings. The van der Waals surface area contributed by atoms with Crippen molar-refractivity contribution in [2.45, 2.75) is 27.3 Å². The highest BCUT2D eigenvalue weighted by atomic mass is 16.5. The fourth-order valence-electron chi connectivity index (χ4n) is 1.98. The summed E-state index contributed by atoms with van der Waals surface area (Å²) in [6.45, 7) is 8.43. The summed E-state index contributed by atoms with van der Waals surface area (Å²) in [5, 5.41) is 3.25. The molecule has 2 aromatic rings. The fourth-order valence-corrected chi connectivity index (χ4v) is 1.98. The van der Waals surface area contributed by atoms with Crippen LogP contribution in [0.4, 0.5) is 5.95 Å². The zero-order chi connectivity index (χ0) is 13.7. The number of rotatable bonds is 6. The van der Waals surface area contributed by atoms with E-state index in [0.29, 0.717) is 6.61 Å². The van der Waals surface area contributed by atoms with Crippen molar-refractivity contribution >= 4 is 5.95 Å². The second kappa shape index (κ2) is 6.27. The summed E-state index contributed by atoms with van der Waals surface area (Å²) in [6.07, 6.45) is 2.04. The molecule has 102 valence electrons. The molecule has 0 unspecified atom stereocenters. The van der Waals surface area contributed by atoms with Crippen LogP contribution in [-0.4, -0.2) is 22.7 Å². The van der Waals surface area contributed by atoms with Crippen molar-refractivity contribution in [1.82, 2.24) is 9.55 Å². The van der Waals surface area contributed by atoms with Gasteiger partial charge in [-0.25, -0.2) is 4.98 Å². The standard InChI is InChI=1S/C15H21N3O/c1-4-16-15-17-13(3)11-18(15)8-9-19-14-7-5-6-12(2)10-14/h5-7,10-11H,4,8-9H2,1-3H3,(H,16,17). The molecule has 0 saturated heterocycles. The number of hydrogen-bond acceptors (Lipinski definition) is 3. The van der Waals surface area contributed by atoms with Crippen LogP contribution in [0.3, 0.4) is 0 Å². The van der Waals surface area contributed by atoms with Crippen LogP contribution in [0.1, 0.15) is 18.2 Å². The van der Waals surface area contributed by atoms with Crippen molar-refractivity contribution in [2.24, 2.45) is 0 Å². The molecule has 0 bridgehead atoms. The molecule has 0 radical (unpaired) electrons. The van der Waals surface area contributed by atoms with Crippen LogP contribution in [0.2, 0.25) is 0 Å². The first kappa shape index (κ1) is 13.5. The predicted octanol–water partition coefficient (Wildman–Crippen LogP) is 3.01. The van der Waals surface area contributed by atoms with Gasteiger partial charge in [-0.3, -0.25) is 0 Å². The van der Waals surface area contributed by atoms with E-state index in [1.54, 1.807) is 0 Å². The van der Waals surface area contributed by atoms with Gasteiger partial charge in [-0.1, -0.05) is 12.1 Å². The monoisotopic (exact) mass is 259 g/mol. The van der Waals surface area contributed by atoms with E-state index in [9.17, 15) is 0 Å². The second-order valence-corrected chi connectivity index (χ2v) is 4.59. The third-order valence-corrected chi connectivity index (χ3v) is 2.82. The van der Waals surface area contributed by atoms with Crippen molar-refractivity contribution in [2.75, 3.05) is 18.5 Å². The van der Waals surface area contributed by atoms with E-state index in [2.05, 4.69) is 34.8 Å². The molecule has 1 aromatic heterocycles. The molecule has 2 rings (SSSR count). The van der Waals surface area contributed by atoms with E-state index in [0.717, 1.165) is 30.5 Å². The molecule has 19 heavy (non-hydrogen) atoms. The Bertz CT molecular complexity index is 534. The van der Waals surface area contributed by atoms with Crippen LogP contribution in [-0.2, 0) is 6.54 Å². The summed E-state index contributed by atoms with van der Waals surface area (Å²) in [7, 11) is 0. The van der Waals surface area contributed by atoms with Crippen LogP contribution in [0.25, 0.3) is 0 Å². The fraction of sp³-hybridized carbons (Fsp3) is 0.400. The summed E-state index contributed by atoms with van der Waals surface area (Å²) in [5.41, 5.74) is 2.23. The van der Waals surface area contributed by atoms with Crippen molar-refractivity contribution in [3.8, 4) is 5.75 Å². The Labute approximate surface area is 114 Å². The average Bonchev–Trinajstić information content (AvgIpc) is 2.70. The number of anilines is 1. The highest BCUT2D eigenvalue weighted by Crippen LogP contribution is 2.13. The summed E-state index contributed by atoms with van der Waals surface area (Å²) in [5.74, 6) is 1.83. The van der Waals surface area contributed by atoms with Gasteiger partial charge < -0.3 is 14.6 Å². The summed E-state index contributed by atoms with van der Waals surface area (Å²) in [6, 6.07) is 8.10. The highest BCUT2D eigenvalue weighted by Gasteiger charge is 2.04. The number of aromatic nitrogens is 2. The number of nitrogens with one attached hydrogen (secondary N) is 1. The summed E-state index contributed by atoms with van der Waals surface area (Å²) >= 11 is 0. The lowest BCUT2D eigenvalue weighted by molar-refractivity contribution is 0.299. The molecule has 0 amide bonds. The first-order chi connectivity index (χ1) is 9.19. The van der Waals surface area contributed by atoms with Gasteiger partial charge in [-0.2, -0.15) is 0 Å². The number of hydrogen-bond donors (Lipinski definition) is 1. The molecule has 1 aromatic carbocycles. The number of ether oxygens (including phenoxy) is 1. The van der Waals surface area contributed by atoms with Gasteiger partial charge in [0.15, 0.2) is 0 Å². The van der Waals surface area contributed by atoms with E-state index < -0.39 is 0 Å². The maximum absolute atomic E-state index is 5.76. The van der Waals surface area contributed by atoms with Gasteiger partial charge in [0.25, 0.3) is 0 Å². The SMILES string of the molecule is CCNc1nc(C)cn1CCOc1cccc(C)c1.